The van der Waals surface area contributed by atoms with Crippen LogP contribution in [0.15, 0.2) is 0 Å². The second-order valence-electron chi connectivity index (χ2n) is 11.8. The van der Waals surface area contributed by atoms with Crippen LogP contribution in [-0.4, -0.2) is 85.5 Å². The van der Waals surface area contributed by atoms with E-state index in [0.717, 1.165) is 52.4 Å². The van der Waals surface area contributed by atoms with Crippen LogP contribution in [0.1, 0.15) is 54.4 Å². The molecule has 34 heavy (non-hydrogen) atoms. The number of hydrogen-bond acceptors (Lipinski definition) is 6. The van der Waals surface area contributed by atoms with E-state index in [1.807, 2.05) is 51.3 Å². The smallest absolute Gasteiger partial charge is 0.410 e. The summed E-state index contributed by atoms with van der Waals surface area (Å²) in [5.74, 6) is 2.60. The van der Waals surface area contributed by atoms with Crippen LogP contribution >= 0.6 is 24.8 Å². The molecule has 200 valence electrons. The second-order valence-corrected chi connectivity index (χ2v) is 11.8. The average molecular weight is 526 g/mol. The molecule has 10 heteroatoms. The lowest BCUT2D eigenvalue weighted by Crippen LogP contribution is -2.36. The Balaban J connectivity index is 0.000000321. The minimum atomic E-state index is -0.386. The second kappa shape index (κ2) is 12.8. The van der Waals surface area contributed by atoms with Gasteiger partial charge in [0.15, 0.2) is 0 Å². The fraction of sp³-hybridized carbons (Fsp3) is 0.917. The van der Waals surface area contributed by atoms with Crippen LogP contribution in [0.3, 0.4) is 0 Å². The number of fused-ring (bicyclic) bond motifs is 2. The van der Waals surface area contributed by atoms with Gasteiger partial charge in [0.1, 0.15) is 11.2 Å². The number of piperidine rings is 2. The van der Waals surface area contributed by atoms with Gasteiger partial charge in [-0.3, -0.25) is 0 Å². The number of rotatable bonds is 0. The van der Waals surface area contributed by atoms with Gasteiger partial charge in [-0.1, -0.05) is 0 Å². The van der Waals surface area contributed by atoms with Crippen molar-refractivity contribution in [2.45, 2.75) is 65.6 Å². The average Bonchev–Trinajstić information content (AvgIpc) is 3.30. The maximum Gasteiger partial charge on any atom is 0.410 e. The van der Waals surface area contributed by atoms with Gasteiger partial charge in [-0.15, -0.1) is 24.8 Å². The molecule has 4 atom stereocenters. The highest BCUT2D eigenvalue weighted by atomic mass is 35.5. The molecule has 0 radical (unpaired) electrons. The molecule has 2 N–H and O–H groups in total. The number of likely N-dealkylation sites (tertiary alicyclic amines) is 2. The zero-order valence-electron chi connectivity index (χ0n) is 21.7. The lowest BCUT2D eigenvalue weighted by Gasteiger charge is -2.24. The van der Waals surface area contributed by atoms with Crippen molar-refractivity contribution < 1.29 is 19.1 Å². The van der Waals surface area contributed by atoms with Gasteiger partial charge in [-0.2, -0.15) is 0 Å². The van der Waals surface area contributed by atoms with Crippen molar-refractivity contribution in [3.63, 3.8) is 0 Å². The Morgan fingerprint density at radius 3 is 1.26 bits per heavy atom. The summed E-state index contributed by atoms with van der Waals surface area (Å²) < 4.78 is 10.8. The van der Waals surface area contributed by atoms with Crippen molar-refractivity contribution in [1.29, 1.82) is 0 Å². The molecular formula is C24H46Cl2N4O4. The van der Waals surface area contributed by atoms with Gasteiger partial charge in [-0.25, -0.2) is 9.59 Å². The van der Waals surface area contributed by atoms with Crippen molar-refractivity contribution in [1.82, 2.24) is 20.4 Å². The van der Waals surface area contributed by atoms with E-state index >= 15 is 0 Å². The van der Waals surface area contributed by atoms with E-state index in [4.69, 9.17) is 9.47 Å². The molecule has 8 nitrogen and oxygen atoms in total. The van der Waals surface area contributed by atoms with Crippen molar-refractivity contribution in [3.8, 4) is 0 Å². The molecule has 0 aromatic heterocycles. The fourth-order valence-electron chi connectivity index (χ4n) is 5.10. The van der Waals surface area contributed by atoms with E-state index in [1.165, 1.54) is 12.8 Å². The number of hydrogen-bond donors (Lipinski definition) is 2. The number of carbonyl (C=O) groups is 2. The number of carbonyl (C=O) groups excluding carboxylic acids is 2. The molecule has 4 saturated heterocycles. The van der Waals surface area contributed by atoms with Crippen LogP contribution in [0.4, 0.5) is 9.59 Å². The summed E-state index contributed by atoms with van der Waals surface area (Å²) in [4.78, 5) is 27.5. The largest absolute Gasteiger partial charge is 0.444 e. The minimum Gasteiger partial charge on any atom is -0.444 e. The number of nitrogens with zero attached hydrogens (tertiary/aromatic N) is 2. The van der Waals surface area contributed by atoms with Crippen LogP contribution in [-0.2, 0) is 9.47 Å². The third-order valence-corrected chi connectivity index (χ3v) is 6.65. The van der Waals surface area contributed by atoms with Crippen molar-refractivity contribution in [3.05, 3.63) is 0 Å². The van der Waals surface area contributed by atoms with Gasteiger partial charge < -0.3 is 29.9 Å². The highest BCUT2D eigenvalue weighted by molar-refractivity contribution is 5.85. The minimum absolute atomic E-state index is 0. The Kier molecular flexibility index (Phi) is 11.7. The van der Waals surface area contributed by atoms with Gasteiger partial charge in [0.05, 0.1) is 0 Å². The normalized spacial score (nSPS) is 28.3. The first-order chi connectivity index (χ1) is 14.9. The Hall–Kier alpha value is -0.960. The van der Waals surface area contributed by atoms with E-state index in [2.05, 4.69) is 10.6 Å². The lowest BCUT2D eigenvalue weighted by atomic mass is 9.90. The van der Waals surface area contributed by atoms with Crippen LogP contribution < -0.4 is 10.6 Å². The Bertz CT molecular complexity index is 584. The lowest BCUT2D eigenvalue weighted by molar-refractivity contribution is 0.0274. The molecule has 0 aromatic carbocycles. The van der Waals surface area contributed by atoms with E-state index in [-0.39, 0.29) is 48.2 Å². The molecular weight excluding hydrogens is 479 g/mol. The van der Waals surface area contributed by atoms with Crippen LogP contribution in [0.25, 0.3) is 0 Å². The van der Waals surface area contributed by atoms with E-state index in [0.29, 0.717) is 23.7 Å². The maximum atomic E-state index is 11.9. The van der Waals surface area contributed by atoms with Gasteiger partial charge in [0, 0.05) is 26.2 Å². The van der Waals surface area contributed by atoms with Crippen molar-refractivity contribution >= 4 is 37.0 Å². The standard InChI is InChI=1S/2C12H22N2O2.2ClH/c2*1-12(2,3)16-11(15)14-7-9-4-5-13-6-10(9)8-14;;/h2*9-10,13H,4-8H2,1-3H3;2*1H/t2*9-,10+;;/m10../s1. The van der Waals surface area contributed by atoms with Gasteiger partial charge in [0.2, 0.25) is 0 Å². The molecule has 0 aromatic rings. The van der Waals surface area contributed by atoms with Crippen molar-refractivity contribution in [2.75, 3.05) is 52.4 Å². The summed E-state index contributed by atoms with van der Waals surface area (Å²) in [6, 6.07) is 0. The Morgan fingerprint density at radius 2 is 0.971 bits per heavy atom. The molecule has 4 fully saturated rings. The fourth-order valence-corrected chi connectivity index (χ4v) is 5.10. The SMILES string of the molecule is CC(C)(C)OC(=O)N1C[C@H]2CCNC[C@H]2C1.CC(C)(C)OC(=O)N1C[C@H]2CNCC[C@H]2C1.Cl.Cl. The molecule has 0 spiro atoms. The third kappa shape index (κ3) is 9.25. The van der Waals surface area contributed by atoms with Gasteiger partial charge in [-0.05, 0) is 104 Å². The third-order valence-electron chi connectivity index (χ3n) is 6.65. The zero-order valence-corrected chi connectivity index (χ0v) is 23.4. The first-order valence-electron chi connectivity index (χ1n) is 12.3. The predicted octanol–water partition coefficient (Wildman–Crippen LogP) is 3.77. The molecule has 0 bridgehead atoms. The topological polar surface area (TPSA) is 83.1 Å². The molecule has 4 aliphatic heterocycles. The summed E-state index contributed by atoms with van der Waals surface area (Å²) in [6.07, 6.45) is 2.07. The molecule has 0 saturated carbocycles. The molecule has 0 unspecified atom stereocenters. The van der Waals surface area contributed by atoms with Crippen LogP contribution in [0, 0.1) is 23.7 Å². The van der Waals surface area contributed by atoms with E-state index in [9.17, 15) is 9.59 Å². The predicted molar refractivity (Wildman–Crippen MR) is 139 cm³/mol. The maximum absolute atomic E-state index is 11.9. The number of amides is 2. The quantitative estimate of drug-likeness (QED) is 0.501. The van der Waals surface area contributed by atoms with Gasteiger partial charge in [0.25, 0.3) is 0 Å². The first kappa shape index (κ1) is 31.1. The number of ether oxygens (including phenoxy) is 2. The number of nitrogens with one attached hydrogen (secondary N) is 2. The highest BCUT2D eigenvalue weighted by Crippen LogP contribution is 2.30. The molecule has 2 amide bonds. The zero-order chi connectivity index (χ0) is 23.5. The molecule has 4 aliphatic rings. The van der Waals surface area contributed by atoms with E-state index < -0.39 is 0 Å². The molecule has 0 aliphatic carbocycles. The summed E-state index contributed by atoms with van der Waals surface area (Å²) in [5, 5.41) is 6.77. The van der Waals surface area contributed by atoms with Crippen molar-refractivity contribution in [2.24, 2.45) is 23.7 Å². The Labute approximate surface area is 218 Å². The van der Waals surface area contributed by atoms with Crippen LogP contribution in [0.2, 0.25) is 0 Å². The Morgan fingerprint density at radius 1 is 0.647 bits per heavy atom. The van der Waals surface area contributed by atoms with E-state index in [1.54, 1.807) is 0 Å². The summed E-state index contributed by atoms with van der Waals surface area (Å²) in [6.45, 7) is 19.2. The summed E-state index contributed by atoms with van der Waals surface area (Å²) >= 11 is 0. The highest BCUT2D eigenvalue weighted by Gasteiger charge is 2.39. The van der Waals surface area contributed by atoms with Crippen LogP contribution in [0.5, 0.6) is 0 Å². The monoisotopic (exact) mass is 524 g/mol. The number of halogens is 2. The van der Waals surface area contributed by atoms with Gasteiger partial charge >= 0.3 is 12.2 Å². The first-order valence-corrected chi connectivity index (χ1v) is 12.3. The molecule has 4 heterocycles. The summed E-state index contributed by atoms with van der Waals surface area (Å²) in [5.41, 5.74) is -0.772. The summed E-state index contributed by atoms with van der Waals surface area (Å²) in [7, 11) is 0. The molecule has 4 rings (SSSR count).